The SMILES string of the molecule is C=C(NCc1ccccc1)C1=CCC(C(C)C(C)Cc2ccc(-c3ccccc3C(=O)O)cc2)C(C(C)=C(C)C)=C1. The van der Waals surface area contributed by atoms with Crippen molar-refractivity contribution in [1.29, 1.82) is 0 Å². The molecule has 0 saturated heterocycles. The highest BCUT2D eigenvalue weighted by atomic mass is 16.4. The second-order valence-electron chi connectivity index (χ2n) is 11.6. The maximum atomic E-state index is 11.7. The predicted octanol–water partition coefficient (Wildman–Crippen LogP) is 9.40. The summed E-state index contributed by atoms with van der Waals surface area (Å²) in [6.07, 6.45) is 6.68. The molecule has 3 atom stereocenters. The van der Waals surface area contributed by atoms with Gasteiger partial charge in [-0.1, -0.05) is 105 Å². The molecule has 212 valence electrons. The summed E-state index contributed by atoms with van der Waals surface area (Å²) < 4.78 is 0. The Labute approximate surface area is 246 Å². The van der Waals surface area contributed by atoms with Crippen molar-refractivity contribution in [2.45, 2.75) is 54.0 Å². The van der Waals surface area contributed by atoms with Gasteiger partial charge in [-0.2, -0.15) is 0 Å². The third-order valence-electron chi connectivity index (χ3n) is 8.69. The molecule has 3 aromatic carbocycles. The normalized spacial score (nSPS) is 16.2. The number of benzene rings is 3. The molecule has 0 aromatic heterocycles. The van der Waals surface area contributed by atoms with E-state index in [0.29, 0.717) is 23.3 Å². The Morgan fingerprint density at radius 2 is 1.59 bits per heavy atom. The molecule has 0 heterocycles. The Morgan fingerprint density at radius 1 is 0.927 bits per heavy atom. The summed E-state index contributed by atoms with van der Waals surface area (Å²) in [4.78, 5) is 11.7. The Hall–Kier alpha value is -4.11. The summed E-state index contributed by atoms with van der Waals surface area (Å²) in [5.74, 6) is 0.487. The van der Waals surface area contributed by atoms with Crippen LogP contribution in [0.3, 0.4) is 0 Å². The first kappa shape index (κ1) is 29.9. The van der Waals surface area contributed by atoms with Crippen molar-refractivity contribution in [1.82, 2.24) is 5.32 Å². The first-order valence-electron chi connectivity index (χ1n) is 14.6. The molecule has 0 aliphatic heterocycles. The molecule has 2 N–H and O–H groups in total. The lowest BCUT2D eigenvalue weighted by Crippen LogP contribution is -2.25. The second kappa shape index (κ2) is 13.5. The summed E-state index contributed by atoms with van der Waals surface area (Å²) in [5.41, 5.74) is 10.8. The van der Waals surface area contributed by atoms with E-state index in [1.165, 1.54) is 33.4 Å². The zero-order chi connectivity index (χ0) is 29.5. The topological polar surface area (TPSA) is 49.3 Å². The first-order valence-corrected chi connectivity index (χ1v) is 14.6. The van der Waals surface area contributed by atoms with Gasteiger partial charge in [-0.3, -0.25) is 0 Å². The fraction of sp³-hybridized carbons (Fsp3) is 0.289. The Bertz CT molecular complexity index is 1470. The van der Waals surface area contributed by atoms with Gasteiger partial charge in [-0.25, -0.2) is 4.79 Å². The highest BCUT2D eigenvalue weighted by molar-refractivity contribution is 5.96. The van der Waals surface area contributed by atoms with Crippen molar-refractivity contribution in [2.75, 3.05) is 0 Å². The van der Waals surface area contributed by atoms with Crippen LogP contribution in [0, 0.1) is 17.8 Å². The minimum Gasteiger partial charge on any atom is -0.478 e. The van der Waals surface area contributed by atoms with Crippen LogP contribution in [-0.2, 0) is 13.0 Å². The van der Waals surface area contributed by atoms with E-state index in [-0.39, 0.29) is 0 Å². The van der Waals surface area contributed by atoms with E-state index in [1.807, 2.05) is 18.2 Å². The number of nitrogens with one attached hydrogen (secondary N) is 1. The Balaban J connectivity index is 1.47. The maximum Gasteiger partial charge on any atom is 0.336 e. The molecule has 3 heteroatoms. The molecule has 1 aliphatic rings. The minimum absolute atomic E-state index is 0.332. The first-order chi connectivity index (χ1) is 19.7. The van der Waals surface area contributed by atoms with Gasteiger partial charge in [0.05, 0.1) is 5.56 Å². The molecule has 3 aromatic rings. The summed E-state index contributed by atoms with van der Waals surface area (Å²) in [6, 6.07) is 26.0. The van der Waals surface area contributed by atoms with E-state index in [4.69, 9.17) is 0 Å². The molecular weight excluding hydrogens is 502 g/mol. The number of rotatable bonds is 11. The molecule has 3 unspecified atom stereocenters. The van der Waals surface area contributed by atoms with Gasteiger partial charge in [0.15, 0.2) is 0 Å². The van der Waals surface area contributed by atoms with E-state index in [0.717, 1.165) is 36.2 Å². The number of carboxylic acids is 1. The summed E-state index contributed by atoms with van der Waals surface area (Å²) in [7, 11) is 0. The van der Waals surface area contributed by atoms with Crippen LogP contribution in [0.5, 0.6) is 0 Å². The van der Waals surface area contributed by atoms with E-state index < -0.39 is 5.97 Å². The van der Waals surface area contributed by atoms with Crippen molar-refractivity contribution in [3.8, 4) is 11.1 Å². The van der Waals surface area contributed by atoms with Gasteiger partial charge in [0.2, 0.25) is 0 Å². The van der Waals surface area contributed by atoms with Crippen molar-refractivity contribution in [3.63, 3.8) is 0 Å². The predicted molar refractivity (Wildman–Crippen MR) is 172 cm³/mol. The largest absolute Gasteiger partial charge is 0.478 e. The van der Waals surface area contributed by atoms with E-state index in [9.17, 15) is 9.90 Å². The third kappa shape index (κ3) is 7.35. The minimum atomic E-state index is -0.900. The van der Waals surface area contributed by atoms with Crippen LogP contribution in [0.2, 0.25) is 0 Å². The molecule has 0 bridgehead atoms. The van der Waals surface area contributed by atoms with Gasteiger partial charge in [-0.05, 0) is 102 Å². The van der Waals surface area contributed by atoms with Crippen molar-refractivity contribution >= 4 is 5.97 Å². The fourth-order valence-electron chi connectivity index (χ4n) is 5.70. The maximum absolute atomic E-state index is 11.7. The highest BCUT2D eigenvalue weighted by Gasteiger charge is 2.29. The van der Waals surface area contributed by atoms with Crippen LogP contribution in [0.25, 0.3) is 11.1 Å². The molecule has 4 rings (SSSR count). The molecule has 0 fully saturated rings. The smallest absolute Gasteiger partial charge is 0.336 e. The van der Waals surface area contributed by atoms with Crippen LogP contribution in [-0.4, -0.2) is 11.1 Å². The van der Waals surface area contributed by atoms with Crippen LogP contribution in [0.15, 0.2) is 126 Å². The van der Waals surface area contributed by atoms with Crippen LogP contribution in [0.1, 0.15) is 62.5 Å². The Morgan fingerprint density at radius 3 is 2.24 bits per heavy atom. The number of allylic oxidation sites excluding steroid dienone is 5. The second-order valence-corrected chi connectivity index (χ2v) is 11.6. The highest BCUT2D eigenvalue weighted by Crippen LogP contribution is 2.40. The number of carbonyl (C=O) groups is 1. The molecule has 0 amide bonds. The molecule has 0 spiro atoms. The average molecular weight is 546 g/mol. The van der Waals surface area contributed by atoms with Crippen molar-refractivity contribution in [2.24, 2.45) is 17.8 Å². The Kier molecular flexibility index (Phi) is 9.83. The summed E-state index contributed by atoms with van der Waals surface area (Å²) in [5, 5.41) is 13.1. The van der Waals surface area contributed by atoms with Gasteiger partial charge in [0.25, 0.3) is 0 Å². The van der Waals surface area contributed by atoms with Crippen LogP contribution < -0.4 is 5.32 Å². The van der Waals surface area contributed by atoms with Gasteiger partial charge < -0.3 is 10.4 Å². The van der Waals surface area contributed by atoms with Crippen LogP contribution >= 0.6 is 0 Å². The molecule has 0 radical (unpaired) electrons. The molecular formula is C38H43NO2. The molecule has 1 aliphatic carbocycles. The average Bonchev–Trinajstić information content (AvgIpc) is 2.99. The zero-order valence-corrected chi connectivity index (χ0v) is 25.1. The third-order valence-corrected chi connectivity index (χ3v) is 8.69. The lowest BCUT2D eigenvalue weighted by molar-refractivity contribution is 0.0697. The molecule has 0 saturated carbocycles. The lowest BCUT2D eigenvalue weighted by Gasteiger charge is -2.34. The van der Waals surface area contributed by atoms with Gasteiger partial charge in [-0.15, -0.1) is 0 Å². The number of hydrogen-bond donors (Lipinski definition) is 2. The van der Waals surface area contributed by atoms with E-state index >= 15 is 0 Å². The van der Waals surface area contributed by atoms with Crippen molar-refractivity contribution < 1.29 is 9.90 Å². The number of hydrogen-bond acceptors (Lipinski definition) is 2. The quantitative estimate of drug-likeness (QED) is 0.252. The standard InChI is InChI=1S/C38H43NO2/c1-25(2)27(4)37-23-33(29(6)39-24-31-12-8-7-9-13-31)20-21-34(37)28(5)26(3)22-30-16-18-32(19-17-30)35-14-10-11-15-36(35)38(40)41/h7-20,23,26,28,34,39H,6,21-22,24H2,1-5H3,(H,40,41). The van der Waals surface area contributed by atoms with Gasteiger partial charge >= 0.3 is 5.97 Å². The fourth-order valence-corrected chi connectivity index (χ4v) is 5.70. The van der Waals surface area contributed by atoms with E-state index in [2.05, 4.69) is 107 Å². The molecule has 3 nitrogen and oxygen atoms in total. The molecule has 41 heavy (non-hydrogen) atoms. The van der Waals surface area contributed by atoms with Gasteiger partial charge in [0, 0.05) is 12.2 Å². The van der Waals surface area contributed by atoms with Gasteiger partial charge in [0.1, 0.15) is 0 Å². The summed E-state index contributed by atoms with van der Waals surface area (Å²) in [6.45, 7) is 16.5. The van der Waals surface area contributed by atoms with Crippen molar-refractivity contribution in [3.05, 3.63) is 142 Å². The van der Waals surface area contributed by atoms with Crippen LogP contribution in [0.4, 0.5) is 0 Å². The lowest BCUT2D eigenvalue weighted by atomic mass is 9.71. The monoisotopic (exact) mass is 545 g/mol. The van der Waals surface area contributed by atoms with E-state index in [1.54, 1.807) is 12.1 Å². The number of aromatic carboxylic acids is 1. The number of carboxylic acid groups (broad SMARTS) is 1. The zero-order valence-electron chi connectivity index (χ0n) is 25.1. The summed E-state index contributed by atoms with van der Waals surface area (Å²) >= 11 is 0.